The molecule has 0 fully saturated rings. The van der Waals surface area contributed by atoms with Crippen molar-refractivity contribution in [3.63, 3.8) is 0 Å². The Hall–Kier alpha value is -3.08. The van der Waals surface area contributed by atoms with Crippen LogP contribution in [0, 0.1) is 0 Å². The van der Waals surface area contributed by atoms with Crippen LogP contribution in [0.2, 0.25) is 0 Å². The lowest BCUT2D eigenvalue weighted by molar-refractivity contribution is 0.259. The van der Waals surface area contributed by atoms with Crippen LogP contribution in [0.3, 0.4) is 0 Å². The number of hydrogen-bond donors (Lipinski definition) is 2. The highest BCUT2D eigenvalue weighted by Crippen LogP contribution is 2.34. The van der Waals surface area contributed by atoms with Crippen LogP contribution >= 0.6 is 0 Å². The lowest BCUT2D eigenvalue weighted by Gasteiger charge is -2.12. The molecule has 0 aliphatic carbocycles. The van der Waals surface area contributed by atoms with E-state index in [1.165, 1.54) is 0 Å². The first-order chi connectivity index (χ1) is 10.2. The van der Waals surface area contributed by atoms with E-state index in [-0.39, 0.29) is 0 Å². The molecule has 0 saturated carbocycles. The molecule has 2 amide bonds. The number of nitrogens with one attached hydrogen (secondary N) is 1. The standard InChI is InChI=1S/C16H13N3O2/c17-16(20)19-14-5-6-15(13-4-2-1-3-12(13)14)21-11-7-9-18-10-8-11/h1-10H,(H3,17,19,20). The number of amides is 2. The molecule has 2 aromatic carbocycles. The van der Waals surface area contributed by atoms with Crippen molar-refractivity contribution in [3.8, 4) is 11.5 Å². The summed E-state index contributed by atoms with van der Waals surface area (Å²) in [5, 5.41) is 4.37. The molecule has 3 rings (SSSR count). The van der Waals surface area contributed by atoms with Crippen LogP contribution in [-0.2, 0) is 0 Å². The number of carbonyl (C=O) groups is 1. The highest BCUT2D eigenvalue weighted by atomic mass is 16.5. The predicted octanol–water partition coefficient (Wildman–Crippen LogP) is 3.52. The Balaban J connectivity index is 2.06. The third-order valence-electron chi connectivity index (χ3n) is 3.02. The molecule has 21 heavy (non-hydrogen) atoms. The van der Waals surface area contributed by atoms with Crippen LogP contribution in [0.5, 0.6) is 11.5 Å². The largest absolute Gasteiger partial charge is 0.457 e. The average molecular weight is 279 g/mol. The van der Waals surface area contributed by atoms with Crippen LogP contribution in [0.1, 0.15) is 0 Å². The molecule has 0 radical (unpaired) electrons. The van der Waals surface area contributed by atoms with Crippen molar-refractivity contribution in [1.29, 1.82) is 0 Å². The van der Waals surface area contributed by atoms with Crippen LogP contribution in [0.15, 0.2) is 60.9 Å². The van der Waals surface area contributed by atoms with Gasteiger partial charge in [-0.1, -0.05) is 24.3 Å². The molecular formula is C16H13N3O2. The van der Waals surface area contributed by atoms with E-state index in [0.29, 0.717) is 17.2 Å². The Kier molecular flexibility index (Phi) is 3.39. The molecule has 0 unspecified atom stereocenters. The molecular weight excluding hydrogens is 266 g/mol. The van der Waals surface area contributed by atoms with Crippen LogP contribution in [0.4, 0.5) is 10.5 Å². The number of fused-ring (bicyclic) bond motifs is 1. The fourth-order valence-corrected chi connectivity index (χ4v) is 2.14. The average Bonchev–Trinajstić information content (AvgIpc) is 2.50. The highest BCUT2D eigenvalue weighted by Gasteiger charge is 2.08. The summed E-state index contributed by atoms with van der Waals surface area (Å²) in [6.45, 7) is 0. The van der Waals surface area contributed by atoms with E-state index in [2.05, 4.69) is 10.3 Å². The number of anilines is 1. The van der Waals surface area contributed by atoms with Crippen molar-refractivity contribution >= 4 is 22.5 Å². The van der Waals surface area contributed by atoms with Crippen LogP contribution in [-0.4, -0.2) is 11.0 Å². The first-order valence-corrected chi connectivity index (χ1v) is 6.40. The number of primary amides is 1. The first-order valence-electron chi connectivity index (χ1n) is 6.40. The topological polar surface area (TPSA) is 77.2 Å². The summed E-state index contributed by atoms with van der Waals surface area (Å²) in [4.78, 5) is 15.0. The van der Waals surface area contributed by atoms with Gasteiger partial charge in [0.2, 0.25) is 0 Å². The number of ether oxygens (including phenoxy) is 1. The quantitative estimate of drug-likeness (QED) is 0.770. The van der Waals surface area contributed by atoms with Gasteiger partial charge in [0.25, 0.3) is 0 Å². The zero-order valence-corrected chi connectivity index (χ0v) is 11.1. The molecule has 0 aliphatic rings. The van der Waals surface area contributed by atoms with E-state index in [4.69, 9.17) is 10.5 Å². The zero-order valence-electron chi connectivity index (χ0n) is 11.1. The fourth-order valence-electron chi connectivity index (χ4n) is 2.14. The van der Waals surface area contributed by atoms with Gasteiger partial charge in [-0.3, -0.25) is 4.98 Å². The van der Waals surface area contributed by atoms with Crippen molar-refractivity contribution in [2.45, 2.75) is 0 Å². The first kappa shape index (κ1) is 12.9. The Labute approximate surface area is 121 Å². The second-order valence-corrected chi connectivity index (χ2v) is 4.43. The van der Waals surface area contributed by atoms with E-state index in [1.807, 2.05) is 24.3 Å². The van der Waals surface area contributed by atoms with Gasteiger partial charge in [0.15, 0.2) is 0 Å². The van der Waals surface area contributed by atoms with Gasteiger partial charge in [0.1, 0.15) is 11.5 Å². The number of hydrogen-bond acceptors (Lipinski definition) is 3. The molecule has 1 aromatic heterocycles. The van der Waals surface area contributed by atoms with Gasteiger partial charge in [-0.05, 0) is 24.3 Å². The maximum atomic E-state index is 11.1. The lowest BCUT2D eigenvalue weighted by Crippen LogP contribution is -2.19. The van der Waals surface area contributed by atoms with Gasteiger partial charge in [-0.2, -0.15) is 0 Å². The summed E-state index contributed by atoms with van der Waals surface area (Å²) in [6, 6.07) is 14.2. The number of carbonyl (C=O) groups excluding carboxylic acids is 1. The molecule has 0 atom stereocenters. The highest BCUT2D eigenvalue weighted by molar-refractivity contribution is 6.03. The van der Waals surface area contributed by atoms with E-state index < -0.39 is 6.03 Å². The maximum Gasteiger partial charge on any atom is 0.316 e. The molecule has 3 aromatic rings. The monoisotopic (exact) mass is 279 g/mol. The van der Waals surface area contributed by atoms with Crippen molar-refractivity contribution in [2.24, 2.45) is 5.73 Å². The number of rotatable bonds is 3. The van der Waals surface area contributed by atoms with Crippen LogP contribution < -0.4 is 15.8 Å². The molecule has 0 aliphatic heterocycles. The zero-order chi connectivity index (χ0) is 14.7. The SMILES string of the molecule is NC(=O)Nc1ccc(Oc2ccncc2)c2ccccc12. The molecule has 0 bridgehead atoms. The second kappa shape index (κ2) is 5.50. The van der Waals surface area contributed by atoms with Gasteiger partial charge in [-0.15, -0.1) is 0 Å². The van der Waals surface area contributed by atoms with E-state index in [0.717, 1.165) is 10.8 Å². The van der Waals surface area contributed by atoms with Gasteiger partial charge in [0, 0.05) is 23.2 Å². The minimum absolute atomic E-state index is 0.594. The Morgan fingerprint density at radius 3 is 2.43 bits per heavy atom. The minimum Gasteiger partial charge on any atom is -0.457 e. The second-order valence-electron chi connectivity index (χ2n) is 4.43. The van der Waals surface area contributed by atoms with Gasteiger partial charge >= 0.3 is 6.03 Å². The summed E-state index contributed by atoms with van der Waals surface area (Å²) < 4.78 is 5.87. The maximum absolute atomic E-state index is 11.1. The predicted molar refractivity (Wildman–Crippen MR) is 81.5 cm³/mol. The van der Waals surface area contributed by atoms with Crippen molar-refractivity contribution in [3.05, 3.63) is 60.9 Å². The number of pyridine rings is 1. The summed E-state index contributed by atoms with van der Waals surface area (Å²) >= 11 is 0. The third-order valence-corrected chi connectivity index (χ3v) is 3.02. The van der Waals surface area contributed by atoms with Gasteiger partial charge in [0.05, 0.1) is 5.69 Å². The molecule has 104 valence electrons. The van der Waals surface area contributed by atoms with E-state index >= 15 is 0 Å². The van der Waals surface area contributed by atoms with E-state index in [9.17, 15) is 4.79 Å². The summed E-state index contributed by atoms with van der Waals surface area (Å²) in [6.07, 6.45) is 3.33. The van der Waals surface area contributed by atoms with Gasteiger partial charge in [-0.25, -0.2) is 4.79 Å². The van der Waals surface area contributed by atoms with Crippen molar-refractivity contribution in [1.82, 2.24) is 4.98 Å². The smallest absolute Gasteiger partial charge is 0.316 e. The molecule has 0 spiro atoms. The fraction of sp³-hybridized carbons (Fsp3) is 0. The minimum atomic E-state index is -0.594. The summed E-state index contributed by atoms with van der Waals surface area (Å²) in [7, 11) is 0. The van der Waals surface area contributed by atoms with E-state index in [1.54, 1.807) is 36.7 Å². The third kappa shape index (κ3) is 2.76. The number of benzene rings is 2. The Morgan fingerprint density at radius 1 is 1.00 bits per heavy atom. The summed E-state index contributed by atoms with van der Waals surface area (Å²) in [5.41, 5.74) is 5.84. The van der Waals surface area contributed by atoms with Crippen molar-refractivity contribution in [2.75, 3.05) is 5.32 Å². The molecule has 0 saturated heterocycles. The van der Waals surface area contributed by atoms with Gasteiger partial charge < -0.3 is 15.8 Å². The Bertz CT molecular complexity index is 788. The summed E-state index contributed by atoms with van der Waals surface area (Å²) in [5.74, 6) is 1.40. The number of nitrogens with zero attached hydrogens (tertiary/aromatic N) is 1. The molecule has 3 N–H and O–H groups in total. The normalized spacial score (nSPS) is 10.3. The number of nitrogens with two attached hydrogens (primary N) is 1. The van der Waals surface area contributed by atoms with Crippen molar-refractivity contribution < 1.29 is 9.53 Å². The van der Waals surface area contributed by atoms with Crippen LogP contribution in [0.25, 0.3) is 10.8 Å². The number of aromatic nitrogens is 1. The number of urea groups is 1. The molecule has 5 heteroatoms. The molecule has 1 heterocycles. The molecule has 5 nitrogen and oxygen atoms in total. The lowest BCUT2D eigenvalue weighted by atomic mass is 10.1. The Morgan fingerprint density at radius 2 is 1.71 bits per heavy atom.